The number of aromatic nitrogens is 2. The monoisotopic (exact) mass is 299 g/mol. The van der Waals surface area contributed by atoms with E-state index in [1.165, 1.54) is 0 Å². The fraction of sp³-hybridized carbons (Fsp3) is 0.364. The van der Waals surface area contributed by atoms with E-state index in [1.54, 1.807) is 0 Å². The number of halogens is 2. The summed E-state index contributed by atoms with van der Waals surface area (Å²) < 4.78 is 2.89. The van der Waals surface area contributed by atoms with Crippen molar-refractivity contribution in [1.29, 1.82) is 0 Å². The van der Waals surface area contributed by atoms with Gasteiger partial charge in [0, 0.05) is 6.42 Å². The fourth-order valence-corrected chi connectivity index (χ4v) is 2.79. The summed E-state index contributed by atoms with van der Waals surface area (Å²) >= 11 is 9.68. The molecule has 0 amide bonds. The zero-order valence-electron chi connectivity index (χ0n) is 8.58. The maximum absolute atomic E-state index is 6.21. The molecule has 2 aromatic heterocycles. The number of imidazole rings is 1. The van der Waals surface area contributed by atoms with Crippen LogP contribution in [0.15, 0.2) is 22.8 Å². The Morgan fingerprint density at radius 2 is 2.31 bits per heavy atom. The number of fused-ring (bicyclic) bond motifs is 1. The van der Waals surface area contributed by atoms with Crippen LogP contribution in [0.3, 0.4) is 0 Å². The highest BCUT2D eigenvalue weighted by molar-refractivity contribution is 9.10. The molecule has 0 atom stereocenters. The second-order valence-corrected chi connectivity index (χ2v) is 5.25. The minimum Gasteiger partial charge on any atom is -0.316 e. The van der Waals surface area contributed by atoms with Gasteiger partial charge in [0.25, 0.3) is 0 Å². The highest BCUT2D eigenvalue weighted by Gasteiger charge is 2.21. The lowest BCUT2D eigenvalue weighted by atomic mass is 9.99. The van der Waals surface area contributed by atoms with Gasteiger partial charge in [-0.05, 0) is 47.1 Å². The quantitative estimate of drug-likeness (QED) is 0.864. The van der Waals surface area contributed by atoms with Gasteiger partial charge in [-0.1, -0.05) is 17.7 Å². The predicted molar refractivity (Wildman–Crippen MR) is 68.0 cm³/mol. The molecule has 3 rings (SSSR count). The summed E-state index contributed by atoms with van der Waals surface area (Å²) in [5.41, 5.74) is 1.04. The Morgan fingerprint density at radius 1 is 1.50 bits per heavy atom. The molecule has 84 valence electrons. The minimum absolute atomic E-state index is 0.689. The third-order valence-electron chi connectivity index (χ3n) is 2.98. The number of nitrogens with zero attached hydrogens (tertiary/aromatic N) is 2. The first kappa shape index (κ1) is 10.6. The molecule has 0 bridgehead atoms. The molecule has 1 fully saturated rings. The van der Waals surface area contributed by atoms with Gasteiger partial charge < -0.3 is 5.32 Å². The summed E-state index contributed by atoms with van der Waals surface area (Å²) in [7, 11) is 0. The molecular weight excluding hydrogens is 289 g/mol. The van der Waals surface area contributed by atoms with Crippen molar-refractivity contribution in [2.75, 3.05) is 13.1 Å². The van der Waals surface area contributed by atoms with Crippen LogP contribution < -0.4 is 5.32 Å². The van der Waals surface area contributed by atoms with E-state index in [2.05, 4.69) is 26.2 Å². The molecule has 0 spiro atoms. The summed E-state index contributed by atoms with van der Waals surface area (Å²) in [6, 6.07) is 5.86. The molecule has 16 heavy (non-hydrogen) atoms. The van der Waals surface area contributed by atoms with E-state index in [-0.39, 0.29) is 0 Å². The molecule has 0 unspecified atom stereocenters. The Balaban J connectivity index is 2.09. The molecule has 0 radical (unpaired) electrons. The zero-order chi connectivity index (χ0) is 11.1. The van der Waals surface area contributed by atoms with E-state index < -0.39 is 0 Å². The van der Waals surface area contributed by atoms with Crippen LogP contribution in [0.5, 0.6) is 0 Å². The predicted octanol–water partition coefficient (Wildman–Crippen LogP) is 2.51. The van der Waals surface area contributed by atoms with Crippen molar-refractivity contribution in [2.45, 2.75) is 6.42 Å². The van der Waals surface area contributed by atoms with Crippen LogP contribution in [0, 0.1) is 5.92 Å². The van der Waals surface area contributed by atoms with Gasteiger partial charge in [-0.3, -0.25) is 4.40 Å². The first-order valence-corrected chi connectivity index (χ1v) is 6.45. The summed E-state index contributed by atoms with van der Waals surface area (Å²) in [4.78, 5) is 4.54. The molecule has 1 aliphatic rings. The maximum atomic E-state index is 6.21. The third-order valence-corrected chi connectivity index (χ3v) is 3.85. The van der Waals surface area contributed by atoms with E-state index in [0.717, 1.165) is 40.6 Å². The highest BCUT2D eigenvalue weighted by atomic mass is 79.9. The SMILES string of the molecule is Clc1cccc2c(Br)nc(CC3CNC3)n12. The molecule has 2 aromatic rings. The van der Waals surface area contributed by atoms with Crippen LogP contribution in [0.2, 0.25) is 5.15 Å². The first-order chi connectivity index (χ1) is 7.75. The molecule has 1 aliphatic heterocycles. The second-order valence-electron chi connectivity index (χ2n) is 4.12. The Bertz CT molecular complexity index is 533. The van der Waals surface area contributed by atoms with Gasteiger partial charge in [-0.15, -0.1) is 0 Å². The third kappa shape index (κ3) is 1.65. The van der Waals surface area contributed by atoms with Gasteiger partial charge in [0.05, 0.1) is 5.52 Å². The Hall–Kier alpha value is -0.580. The van der Waals surface area contributed by atoms with Crippen molar-refractivity contribution in [3.05, 3.63) is 33.8 Å². The fourth-order valence-electron chi connectivity index (χ4n) is 2.01. The molecular formula is C11H11BrClN3. The molecule has 5 heteroatoms. The summed E-state index contributed by atoms with van der Waals surface area (Å²) in [6.07, 6.45) is 0.976. The standard InChI is InChI=1S/C11H11BrClN3/c12-11-8-2-1-3-9(13)16(8)10(15-11)4-7-5-14-6-7/h1-3,7,14H,4-6H2. The van der Waals surface area contributed by atoms with Crippen LogP contribution in [-0.4, -0.2) is 22.5 Å². The average molecular weight is 301 g/mol. The first-order valence-electron chi connectivity index (χ1n) is 5.28. The van der Waals surface area contributed by atoms with E-state index in [4.69, 9.17) is 11.6 Å². The topological polar surface area (TPSA) is 29.3 Å². The Labute approximate surface area is 107 Å². The van der Waals surface area contributed by atoms with Gasteiger partial charge in [0.1, 0.15) is 15.6 Å². The molecule has 0 aromatic carbocycles. The summed E-state index contributed by atoms with van der Waals surface area (Å²) in [5, 5.41) is 3.99. The van der Waals surface area contributed by atoms with Gasteiger partial charge in [0.2, 0.25) is 0 Å². The van der Waals surface area contributed by atoms with Gasteiger partial charge in [-0.2, -0.15) is 0 Å². The van der Waals surface area contributed by atoms with Crippen LogP contribution in [-0.2, 0) is 6.42 Å². The minimum atomic E-state index is 0.689. The number of pyridine rings is 1. The largest absolute Gasteiger partial charge is 0.316 e. The lowest BCUT2D eigenvalue weighted by Crippen LogP contribution is -2.43. The summed E-state index contributed by atoms with van der Waals surface area (Å²) in [5.74, 6) is 1.73. The van der Waals surface area contributed by atoms with Crippen LogP contribution >= 0.6 is 27.5 Å². The lowest BCUT2D eigenvalue weighted by molar-refractivity contribution is 0.340. The van der Waals surface area contributed by atoms with Crippen LogP contribution in [0.1, 0.15) is 5.82 Å². The summed E-state index contributed by atoms with van der Waals surface area (Å²) in [6.45, 7) is 2.16. The zero-order valence-corrected chi connectivity index (χ0v) is 10.9. The van der Waals surface area contributed by atoms with Crippen molar-refractivity contribution >= 4 is 33.0 Å². The second kappa shape index (κ2) is 4.02. The smallest absolute Gasteiger partial charge is 0.132 e. The molecule has 3 heterocycles. The number of rotatable bonds is 2. The van der Waals surface area contributed by atoms with E-state index >= 15 is 0 Å². The van der Waals surface area contributed by atoms with Crippen molar-refractivity contribution in [3.63, 3.8) is 0 Å². The van der Waals surface area contributed by atoms with E-state index in [1.807, 2.05) is 22.6 Å². The lowest BCUT2D eigenvalue weighted by Gasteiger charge is -2.26. The highest BCUT2D eigenvalue weighted by Crippen LogP contribution is 2.25. The van der Waals surface area contributed by atoms with Crippen molar-refractivity contribution in [1.82, 2.24) is 14.7 Å². The molecule has 1 saturated heterocycles. The average Bonchev–Trinajstić information content (AvgIpc) is 2.52. The van der Waals surface area contributed by atoms with Crippen molar-refractivity contribution in [3.8, 4) is 0 Å². The van der Waals surface area contributed by atoms with E-state index in [9.17, 15) is 0 Å². The van der Waals surface area contributed by atoms with E-state index in [0.29, 0.717) is 5.92 Å². The number of hydrogen-bond acceptors (Lipinski definition) is 2. The Kier molecular flexibility index (Phi) is 2.65. The molecule has 1 N–H and O–H groups in total. The number of nitrogens with one attached hydrogen (secondary N) is 1. The van der Waals surface area contributed by atoms with Gasteiger partial charge in [0.15, 0.2) is 0 Å². The van der Waals surface area contributed by atoms with Crippen molar-refractivity contribution in [2.24, 2.45) is 5.92 Å². The van der Waals surface area contributed by atoms with Crippen LogP contribution in [0.25, 0.3) is 5.52 Å². The molecule has 0 saturated carbocycles. The maximum Gasteiger partial charge on any atom is 0.132 e. The van der Waals surface area contributed by atoms with Crippen LogP contribution in [0.4, 0.5) is 0 Å². The Morgan fingerprint density at radius 3 is 3.00 bits per heavy atom. The van der Waals surface area contributed by atoms with Gasteiger partial charge >= 0.3 is 0 Å². The van der Waals surface area contributed by atoms with Crippen molar-refractivity contribution < 1.29 is 0 Å². The van der Waals surface area contributed by atoms with Gasteiger partial charge in [-0.25, -0.2) is 4.98 Å². The molecule has 3 nitrogen and oxygen atoms in total. The molecule has 0 aliphatic carbocycles. The number of hydrogen-bond donors (Lipinski definition) is 1. The normalized spacial score (nSPS) is 16.6.